The first-order valence-corrected chi connectivity index (χ1v) is 6.62. The Labute approximate surface area is 113 Å². The Bertz CT molecular complexity index is 543. The minimum atomic E-state index is -1.31. The van der Waals surface area contributed by atoms with Crippen LogP contribution in [0.1, 0.15) is 37.0 Å². The van der Waals surface area contributed by atoms with Crippen LogP contribution in [0.2, 0.25) is 0 Å². The molecule has 0 bridgehead atoms. The van der Waals surface area contributed by atoms with Crippen LogP contribution in [0.25, 0.3) is 0 Å². The first-order chi connectivity index (χ1) is 9.05. The van der Waals surface area contributed by atoms with Gasteiger partial charge in [-0.05, 0) is 30.5 Å². The molecule has 0 spiro atoms. The van der Waals surface area contributed by atoms with Crippen LogP contribution in [-0.2, 0) is 12.0 Å². The zero-order chi connectivity index (χ0) is 13.9. The summed E-state index contributed by atoms with van der Waals surface area (Å²) in [7, 11) is 0. The quantitative estimate of drug-likeness (QED) is 0.877. The SMILES string of the molecule is CCCc1ccc(C(C)(O)c2ccccc2F)cc1. The third-order valence-corrected chi connectivity index (χ3v) is 3.45. The second-order valence-electron chi connectivity index (χ2n) is 5.00. The molecule has 0 fully saturated rings. The van der Waals surface area contributed by atoms with Gasteiger partial charge in [0.1, 0.15) is 11.4 Å². The minimum absolute atomic E-state index is 0.304. The van der Waals surface area contributed by atoms with Crippen molar-refractivity contribution in [2.75, 3.05) is 0 Å². The number of benzene rings is 2. The van der Waals surface area contributed by atoms with Crippen molar-refractivity contribution in [3.63, 3.8) is 0 Å². The molecule has 0 aliphatic rings. The summed E-state index contributed by atoms with van der Waals surface area (Å²) in [5.41, 5.74) is 0.932. The summed E-state index contributed by atoms with van der Waals surface area (Å²) in [4.78, 5) is 0. The van der Waals surface area contributed by atoms with E-state index in [9.17, 15) is 9.50 Å². The number of aryl methyl sites for hydroxylation is 1. The lowest BCUT2D eigenvalue weighted by atomic mass is 9.87. The normalized spacial score (nSPS) is 14.1. The fraction of sp³-hybridized carbons (Fsp3) is 0.294. The molecule has 2 heteroatoms. The van der Waals surface area contributed by atoms with E-state index >= 15 is 0 Å². The van der Waals surface area contributed by atoms with E-state index < -0.39 is 5.60 Å². The lowest BCUT2D eigenvalue weighted by molar-refractivity contribution is 0.0979. The molecule has 0 heterocycles. The molecule has 0 aliphatic carbocycles. The Morgan fingerprint density at radius 2 is 1.68 bits per heavy atom. The Balaban J connectivity index is 2.36. The van der Waals surface area contributed by atoms with Gasteiger partial charge < -0.3 is 5.11 Å². The smallest absolute Gasteiger partial charge is 0.129 e. The van der Waals surface area contributed by atoms with Crippen LogP contribution in [0.5, 0.6) is 0 Å². The first kappa shape index (κ1) is 13.8. The van der Waals surface area contributed by atoms with Crippen LogP contribution < -0.4 is 0 Å². The Kier molecular flexibility index (Phi) is 4.01. The van der Waals surface area contributed by atoms with Gasteiger partial charge in [-0.2, -0.15) is 0 Å². The van der Waals surface area contributed by atoms with Gasteiger partial charge in [-0.15, -0.1) is 0 Å². The van der Waals surface area contributed by atoms with Crippen molar-refractivity contribution < 1.29 is 9.50 Å². The second-order valence-corrected chi connectivity index (χ2v) is 5.00. The molecule has 0 amide bonds. The standard InChI is InChI=1S/C17H19FO/c1-3-6-13-9-11-14(12-10-13)17(2,19)15-7-4-5-8-16(15)18/h4-5,7-12,19H,3,6H2,1-2H3. The fourth-order valence-electron chi connectivity index (χ4n) is 2.30. The molecule has 0 saturated heterocycles. The van der Waals surface area contributed by atoms with Crippen molar-refractivity contribution in [3.8, 4) is 0 Å². The van der Waals surface area contributed by atoms with Crippen LogP contribution >= 0.6 is 0 Å². The maximum atomic E-state index is 13.8. The molecule has 2 rings (SSSR count). The van der Waals surface area contributed by atoms with E-state index in [4.69, 9.17) is 0 Å². The predicted octanol–water partition coefficient (Wildman–Crippen LogP) is 4.03. The Hall–Kier alpha value is -1.67. The average molecular weight is 258 g/mol. The lowest BCUT2D eigenvalue weighted by Crippen LogP contribution is -2.24. The highest BCUT2D eigenvalue weighted by molar-refractivity contribution is 5.37. The van der Waals surface area contributed by atoms with Crippen molar-refractivity contribution in [3.05, 3.63) is 71.0 Å². The molecule has 1 N–H and O–H groups in total. The number of aliphatic hydroxyl groups is 1. The summed E-state index contributed by atoms with van der Waals surface area (Å²) in [6.45, 7) is 3.75. The molecule has 0 radical (unpaired) electrons. The number of hydrogen-bond acceptors (Lipinski definition) is 1. The third-order valence-electron chi connectivity index (χ3n) is 3.45. The molecule has 0 aliphatic heterocycles. The van der Waals surface area contributed by atoms with E-state index in [2.05, 4.69) is 6.92 Å². The van der Waals surface area contributed by atoms with Gasteiger partial charge in [0, 0.05) is 5.56 Å². The van der Waals surface area contributed by atoms with Gasteiger partial charge in [-0.3, -0.25) is 0 Å². The van der Waals surface area contributed by atoms with Crippen LogP contribution in [-0.4, -0.2) is 5.11 Å². The number of rotatable bonds is 4. The van der Waals surface area contributed by atoms with Crippen molar-refractivity contribution in [2.24, 2.45) is 0 Å². The lowest BCUT2D eigenvalue weighted by Gasteiger charge is -2.25. The molecule has 2 aromatic carbocycles. The maximum Gasteiger partial charge on any atom is 0.129 e. The van der Waals surface area contributed by atoms with Crippen molar-refractivity contribution in [1.29, 1.82) is 0 Å². The van der Waals surface area contributed by atoms with Gasteiger partial charge in [-0.25, -0.2) is 4.39 Å². The van der Waals surface area contributed by atoms with Crippen LogP contribution in [0.4, 0.5) is 4.39 Å². The van der Waals surface area contributed by atoms with Crippen molar-refractivity contribution in [2.45, 2.75) is 32.3 Å². The van der Waals surface area contributed by atoms with E-state index in [0.717, 1.165) is 12.8 Å². The molecule has 100 valence electrons. The maximum absolute atomic E-state index is 13.8. The average Bonchev–Trinajstić information content (AvgIpc) is 2.40. The zero-order valence-electron chi connectivity index (χ0n) is 11.4. The molecule has 19 heavy (non-hydrogen) atoms. The minimum Gasteiger partial charge on any atom is -0.381 e. The molecular formula is C17H19FO. The Morgan fingerprint density at radius 3 is 2.26 bits per heavy atom. The van der Waals surface area contributed by atoms with Gasteiger partial charge in [-0.1, -0.05) is 55.8 Å². The van der Waals surface area contributed by atoms with E-state index in [1.807, 2.05) is 24.3 Å². The molecule has 0 saturated carbocycles. The van der Waals surface area contributed by atoms with Crippen LogP contribution in [0.3, 0.4) is 0 Å². The molecule has 2 aromatic rings. The van der Waals surface area contributed by atoms with Gasteiger partial charge >= 0.3 is 0 Å². The van der Waals surface area contributed by atoms with Gasteiger partial charge in [0.25, 0.3) is 0 Å². The Morgan fingerprint density at radius 1 is 1.05 bits per heavy atom. The van der Waals surface area contributed by atoms with E-state index in [1.54, 1.807) is 25.1 Å². The number of hydrogen-bond donors (Lipinski definition) is 1. The molecule has 1 unspecified atom stereocenters. The molecule has 1 atom stereocenters. The summed E-state index contributed by atoms with van der Waals surface area (Å²) in [5, 5.41) is 10.6. The second kappa shape index (κ2) is 5.54. The van der Waals surface area contributed by atoms with E-state index in [-0.39, 0.29) is 5.82 Å². The molecular weight excluding hydrogens is 239 g/mol. The van der Waals surface area contributed by atoms with E-state index in [0.29, 0.717) is 11.1 Å². The highest BCUT2D eigenvalue weighted by Gasteiger charge is 2.28. The van der Waals surface area contributed by atoms with Gasteiger partial charge in [0.15, 0.2) is 0 Å². The molecule has 1 nitrogen and oxygen atoms in total. The molecule has 0 aromatic heterocycles. The van der Waals surface area contributed by atoms with Gasteiger partial charge in [0.2, 0.25) is 0 Å². The first-order valence-electron chi connectivity index (χ1n) is 6.62. The monoisotopic (exact) mass is 258 g/mol. The van der Waals surface area contributed by atoms with Crippen molar-refractivity contribution >= 4 is 0 Å². The predicted molar refractivity (Wildman–Crippen MR) is 75.5 cm³/mol. The van der Waals surface area contributed by atoms with Crippen LogP contribution in [0, 0.1) is 5.82 Å². The summed E-state index contributed by atoms with van der Waals surface area (Å²) in [5.74, 6) is -0.384. The van der Waals surface area contributed by atoms with Crippen molar-refractivity contribution in [1.82, 2.24) is 0 Å². The largest absolute Gasteiger partial charge is 0.381 e. The summed E-state index contributed by atoms with van der Waals surface area (Å²) in [6.07, 6.45) is 2.10. The van der Waals surface area contributed by atoms with Gasteiger partial charge in [0.05, 0.1) is 0 Å². The summed E-state index contributed by atoms with van der Waals surface area (Å²) >= 11 is 0. The number of halogens is 1. The highest BCUT2D eigenvalue weighted by atomic mass is 19.1. The van der Waals surface area contributed by atoms with E-state index in [1.165, 1.54) is 11.6 Å². The topological polar surface area (TPSA) is 20.2 Å². The third kappa shape index (κ3) is 2.85. The zero-order valence-corrected chi connectivity index (χ0v) is 11.4. The highest BCUT2D eigenvalue weighted by Crippen LogP contribution is 2.30. The summed E-state index contributed by atoms with van der Waals surface area (Å²) < 4.78 is 13.8. The fourth-order valence-corrected chi connectivity index (χ4v) is 2.30. The van der Waals surface area contributed by atoms with Crippen LogP contribution in [0.15, 0.2) is 48.5 Å². The summed E-state index contributed by atoms with van der Waals surface area (Å²) in [6, 6.07) is 14.1.